The van der Waals surface area contributed by atoms with Crippen molar-refractivity contribution in [1.82, 2.24) is 10.2 Å². The molecular formula is C24H37N3O2. The van der Waals surface area contributed by atoms with Crippen molar-refractivity contribution >= 4 is 18.0 Å². The fourth-order valence-corrected chi connectivity index (χ4v) is 4.70. The van der Waals surface area contributed by atoms with E-state index in [1.54, 1.807) is 0 Å². The number of para-hydroxylation sites is 1. The molecule has 0 aromatic heterocycles. The molecule has 160 valence electrons. The Morgan fingerprint density at radius 3 is 2.28 bits per heavy atom. The Labute approximate surface area is 175 Å². The van der Waals surface area contributed by atoms with Gasteiger partial charge in [-0.25, -0.2) is 4.79 Å². The summed E-state index contributed by atoms with van der Waals surface area (Å²) in [7, 11) is 0. The van der Waals surface area contributed by atoms with Crippen LogP contribution in [0.3, 0.4) is 0 Å². The van der Waals surface area contributed by atoms with E-state index < -0.39 is 5.41 Å². The second-order valence-corrected chi connectivity index (χ2v) is 10.1. The Balaban J connectivity index is 1.44. The molecule has 1 saturated carbocycles. The monoisotopic (exact) mass is 399 g/mol. The molecule has 1 saturated heterocycles. The largest absolute Gasteiger partial charge is 0.384 e. The third-order valence-electron chi connectivity index (χ3n) is 6.99. The molecule has 1 aromatic carbocycles. The molecule has 0 spiro atoms. The lowest BCUT2D eigenvalue weighted by Gasteiger charge is -2.40. The lowest BCUT2D eigenvalue weighted by molar-refractivity contribution is -0.117. The number of carbonyl (C=O) groups excluding carboxylic acids is 2. The first kappa shape index (κ1) is 21.7. The Morgan fingerprint density at radius 1 is 1.10 bits per heavy atom. The summed E-state index contributed by atoms with van der Waals surface area (Å²) >= 11 is 0. The number of aldehydes is 1. The second-order valence-electron chi connectivity index (χ2n) is 10.1. The van der Waals surface area contributed by atoms with E-state index in [0.29, 0.717) is 43.9 Å². The Bertz CT molecular complexity index is 667. The first-order chi connectivity index (χ1) is 13.8. The minimum Gasteiger partial charge on any atom is -0.384 e. The van der Waals surface area contributed by atoms with Crippen LogP contribution < -0.4 is 10.6 Å². The molecule has 1 aliphatic carbocycles. The zero-order valence-electron chi connectivity index (χ0n) is 18.2. The maximum atomic E-state index is 12.7. The minimum atomic E-state index is -0.391. The standard InChI is InChI=1S/C24H37N3O2/c1-23(2,3)19-9-11-21(12-10-19)26-22(29)27-15-13-24(18-28,14-16-27)17-25-20-7-5-4-6-8-20/h4-8,18-19,21,25H,9-17H2,1-3H3,(H,26,29). The number of rotatable bonds is 5. The van der Waals surface area contributed by atoms with Crippen LogP contribution in [-0.2, 0) is 4.79 Å². The van der Waals surface area contributed by atoms with Crippen LogP contribution in [-0.4, -0.2) is 42.9 Å². The van der Waals surface area contributed by atoms with Crippen LogP contribution in [0.15, 0.2) is 30.3 Å². The first-order valence-corrected chi connectivity index (χ1v) is 11.1. The molecule has 0 atom stereocenters. The van der Waals surface area contributed by atoms with E-state index in [9.17, 15) is 9.59 Å². The average Bonchev–Trinajstić information content (AvgIpc) is 2.73. The Morgan fingerprint density at radius 2 is 1.72 bits per heavy atom. The van der Waals surface area contributed by atoms with Gasteiger partial charge in [-0.1, -0.05) is 39.0 Å². The van der Waals surface area contributed by atoms with Crippen molar-refractivity contribution in [1.29, 1.82) is 0 Å². The van der Waals surface area contributed by atoms with Crippen molar-refractivity contribution in [3.05, 3.63) is 30.3 Å². The van der Waals surface area contributed by atoms with E-state index in [-0.39, 0.29) is 6.03 Å². The highest BCUT2D eigenvalue weighted by Gasteiger charge is 2.36. The average molecular weight is 400 g/mol. The number of nitrogens with one attached hydrogen (secondary N) is 2. The molecule has 5 heteroatoms. The topological polar surface area (TPSA) is 61.4 Å². The maximum Gasteiger partial charge on any atom is 0.317 e. The van der Waals surface area contributed by atoms with Gasteiger partial charge in [0.15, 0.2) is 0 Å². The molecule has 5 nitrogen and oxygen atoms in total. The molecule has 0 unspecified atom stereocenters. The van der Waals surface area contributed by atoms with Gasteiger partial charge in [0.1, 0.15) is 6.29 Å². The molecule has 29 heavy (non-hydrogen) atoms. The van der Waals surface area contributed by atoms with Crippen LogP contribution in [0.4, 0.5) is 10.5 Å². The molecule has 2 N–H and O–H groups in total. The normalized spacial score (nSPS) is 24.6. The summed E-state index contributed by atoms with van der Waals surface area (Å²) in [5.41, 5.74) is 0.991. The van der Waals surface area contributed by atoms with E-state index in [4.69, 9.17) is 0 Å². The molecule has 2 aliphatic rings. The third kappa shape index (κ3) is 5.74. The summed E-state index contributed by atoms with van der Waals surface area (Å²) in [5, 5.41) is 6.63. The molecule has 2 amide bonds. The van der Waals surface area contributed by atoms with Gasteiger partial charge in [-0.05, 0) is 62.0 Å². The van der Waals surface area contributed by atoms with Crippen LogP contribution in [0.1, 0.15) is 59.3 Å². The highest BCUT2D eigenvalue weighted by molar-refractivity contribution is 5.75. The van der Waals surface area contributed by atoms with Gasteiger partial charge in [0, 0.05) is 36.8 Å². The lowest BCUT2D eigenvalue weighted by atomic mass is 9.71. The first-order valence-electron chi connectivity index (χ1n) is 11.1. The van der Waals surface area contributed by atoms with Crippen LogP contribution in [0.5, 0.6) is 0 Å². The van der Waals surface area contributed by atoms with Crippen molar-refractivity contribution in [2.24, 2.45) is 16.7 Å². The zero-order chi connectivity index (χ0) is 20.9. The number of piperidine rings is 1. The molecule has 2 fully saturated rings. The van der Waals surface area contributed by atoms with Gasteiger partial charge in [0.25, 0.3) is 0 Å². The molecule has 3 rings (SSSR count). The van der Waals surface area contributed by atoms with Crippen LogP contribution in [0.2, 0.25) is 0 Å². The molecule has 1 aromatic rings. The third-order valence-corrected chi connectivity index (χ3v) is 6.99. The van der Waals surface area contributed by atoms with Crippen LogP contribution >= 0.6 is 0 Å². The molecular weight excluding hydrogens is 362 g/mol. The van der Waals surface area contributed by atoms with E-state index in [2.05, 4.69) is 31.4 Å². The van der Waals surface area contributed by atoms with Gasteiger partial charge in [0.05, 0.1) is 0 Å². The number of hydrogen-bond acceptors (Lipinski definition) is 3. The number of carbonyl (C=O) groups is 2. The van der Waals surface area contributed by atoms with Crippen LogP contribution in [0, 0.1) is 16.7 Å². The number of nitrogens with zero attached hydrogens (tertiary/aromatic N) is 1. The van der Waals surface area contributed by atoms with E-state index in [1.165, 1.54) is 12.8 Å². The summed E-state index contributed by atoms with van der Waals surface area (Å²) in [5.74, 6) is 0.746. The molecule has 1 aliphatic heterocycles. The number of hydrogen-bond donors (Lipinski definition) is 2. The van der Waals surface area contributed by atoms with Gasteiger partial charge in [-0.15, -0.1) is 0 Å². The Hall–Kier alpha value is -2.04. The van der Waals surface area contributed by atoms with Gasteiger partial charge in [0.2, 0.25) is 0 Å². The number of amides is 2. The predicted octanol–water partition coefficient (Wildman–Crippen LogP) is 4.69. The summed E-state index contributed by atoms with van der Waals surface area (Å²) in [6.45, 7) is 8.84. The molecule has 0 bridgehead atoms. The Kier molecular flexibility index (Phi) is 6.86. The zero-order valence-corrected chi connectivity index (χ0v) is 18.2. The fraction of sp³-hybridized carbons (Fsp3) is 0.667. The smallest absolute Gasteiger partial charge is 0.317 e. The van der Waals surface area contributed by atoms with Gasteiger partial charge in [-0.2, -0.15) is 0 Å². The van der Waals surface area contributed by atoms with Gasteiger partial charge in [-0.3, -0.25) is 0 Å². The van der Waals surface area contributed by atoms with E-state index >= 15 is 0 Å². The fourth-order valence-electron chi connectivity index (χ4n) is 4.70. The number of urea groups is 1. The lowest BCUT2D eigenvalue weighted by Crippen LogP contribution is -2.52. The molecule has 1 heterocycles. The maximum absolute atomic E-state index is 12.7. The van der Waals surface area contributed by atoms with Gasteiger partial charge < -0.3 is 20.3 Å². The molecule has 0 radical (unpaired) electrons. The van der Waals surface area contributed by atoms with Crippen molar-refractivity contribution < 1.29 is 9.59 Å². The quantitative estimate of drug-likeness (QED) is 0.706. The van der Waals surface area contributed by atoms with Crippen molar-refractivity contribution in [3.8, 4) is 0 Å². The van der Waals surface area contributed by atoms with Crippen molar-refractivity contribution in [2.45, 2.75) is 65.3 Å². The summed E-state index contributed by atoms with van der Waals surface area (Å²) in [6, 6.07) is 10.3. The van der Waals surface area contributed by atoms with Crippen molar-refractivity contribution in [2.75, 3.05) is 25.0 Å². The summed E-state index contributed by atoms with van der Waals surface area (Å²) in [4.78, 5) is 26.5. The number of anilines is 1. The number of likely N-dealkylation sites (tertiary alicyclic amines) is 1. The summed E-state index contributed by atoms with van der Waals surface area (Å²) < 4.78 is 0. The van der Waals surface area contributed by atoms with E-state index in [1.807, 2.05) is 35.2 Å². The van der Waals surface area contributed by atoms with Crippen LogP contribution in [0.25, 0.3) is 0 Å². The second kappa shape index (κ2) is 9.19. The SMILES string of the molecule is CC(C)(C)C1CCC(NC(=O)N2CCC(C=O)(CNc3ccccc3)CC2)CC1. The van der Waals surface area contributed by atoms with Gasteiger partial charge >= 0.3 is 6.03 Å². The minimum absolute atomic E-state index is 0.0414. The predicted molar refractivity (Wildman–Crippen MR) is 118 cm³/mol. The summed E-state index contributed by atoms with van der Waals surface area (Å²) in [6.07, 6.45) is 7.02. The highest BCUT2D eigenvalue weighted by atomic mass is 16.2. The van der Waals surface area contributed by atoms with E-state index in [0.717, 1.165) is 30.7 Å². The number of benzene rings is 1. The highest BCUT2D eigenvalue weighted by Crippen LogP contribution is 2.38. The van der Waals surface area contributed by atoms with Crippen molar-refractivity contribution in [3.63, 3.8) is 0 Å².